The van der Waals surface area contributed by atoms with Gasteiger partial charge in [0.2, 0.25) is 0 Å². The van der Waals surface area contributed by atoms with Crippen molar-refractivity contribution in [1.29, 1.82) is 0 Å². The normalized spacial score (nSPS) is 9.96. The van der Waals surface area contributed by atoms with Crippen LogP contribution in [0.25, 0.3) is 0 Å². The standard InChI is InChI=1S/C18H19NO5/c1-4-17(20)24-14-7-5-6-12(10-14)18(21)19-15-11-13(22-2)8-9-16(15)23-3/h5-11H,4H2,1-3H3,(H,19,21). The van der Waals surface area contributed by atoms with E-state index in [-0.39, 0.29) is 18.3 Å². The summed E-state index contributed by atoms with van der Waals surface area (Å²) in [6.07, 6.45) is 0.261. The smallest absolute Gasteiger partial charge is 0.310 e. The third-order valence-corrected chi connectivity index (χ3v) is 3.27. The number of hydrogen-bond donors (Lipinski definition) is 1. The second-order valence-electron chi connectivity index (χ2n) is 4.88. The summed E-state index contributed by atoms with van der Waals surface area (Å²) in [5.41, 5.74) is 0.846. The number of benzene rings is 2. The van der Waals surface area contributed by atoms with E-state index in [2.05, 4.69) is 5.32 Å². The highest BCUT2D eigenvalue weighted by Crippen LogP contribution is 2.29. The second-order valence-corrected chi connectivity index (χ2v) is 4.88. The summed E-state index contributed by atoms with van der Waals surface area (Å²) in [6.45, 7) is 1.70. The molecule has 1 amide bonds. The van der Waals surface area contributed by atoms with E-state index in [1.165, 1.54) is 13.2 Å². The summed E-state index contributed by atoms with van der Waals surface area (Å²) in [5, 5.41) is 2.76. The number of carbonyl (C=O) groups is 2. The van der Waals surface area contributed by atoms with Crippen molar-refractivity contribution in [2.75, 3.05) is 19.5 Å². The van der Waals surface area contributed by atoms with Crippen LogP contribution in [0.5, 0.6) is 17.2 Å². The van der Waals surface area contributed by atoms with Crippen molar-refractivity contribution >= 4 is 17.6 Å². The van der Waals surface area contributed by atoms with Gasteiger partial charge in [0.05, 0.1) is 19.9 Å². The van der Waals surface area contributed by atoms with Gasteiger partial charge < -0.3 is 19.5 Å². The fourth-order valence-electron chi connectivity index (χ4n) is 2.01. The third-order valence-electron chi connectivity index (χ3n) is 3.27. The number of methoxy groups -OCH3 is 2. The highest BCUT2D eigenvalue weighted by Gasteiger charge is 2.12. The Morgan fingerprint density at radius 3 is 2.46 bits per heavy atom. The van der Waals surface area contributed by atoms with Crippen LogP contribution in [0, 0.1) is 0 Å². The van der Waals surface area contributed by atoms with Gasteiger partial charge in [0.15, 0.2) is 0 Å². The molecule has 0 aliphatic heterocycles. The number of nitrogens with one attached hydrogen (secondary N) is 1. The average Bonchev–Trinajstić information content (AvgIpc) is 2.61. The van der Waals surface area contributed by atoms with Crippen LogP contribution in [0.3, 0.4) is 0 Å². The van der Waals surface area contributed by atoms with E-state index < -0.39 is 0 Å². The zero-order chi connectivity index (χ0) is 17.5. The van der Waals surface area contributed by atoms with E-state index in [0.29, 0.717) is 28.5 Å². The van der Waals surface area contributed by atoms with Crippen molar-refractivity contribution in [3.63, 3.8) is 0 Å². The first-order chi connectivity index (χ1) is 11.6. The van der Waals surface area contributed by atoms with Gasteiger partial charge in [0.25, 0.3) is 5.91 Å². The van der Waals surface area contributed by atoms with Gasteiger partial charge in [-0.3, -0.25) is 9.59 Å². The van der Waals surface area contributed by atoms with Crippen molar-refractivity contribution in [2.24, 2.45) is 0 Å². The Kier molecular flexibility index (Phi) is 5.78. The van der Waals surface area contributed by atoms with E-state index in [1.807, 2.05) is 0 Å². The number of anilines is 1. The molecule has 0 saturated carbocycles. The van der Waals surface area contributed by atoms with Gasteiger partial charge in [0.1, 0.15) is 17.2 Å². The Morgan fingerprint density at radius 2 is 1.79 bits per heavy atom. The number of hydrogen-bond acceptors (Lipinski definition) is 5. The first kappa shape index (κ1) is 17.3. The molecule has 0 aromatic heterocycles. The number of carbonyl (C=O) groups excluding carboxylic acids is 2. The molecule has 0 aliphatic rings. The van der Waals surface area contributed by atoms with Crippen LogP contribution in [0.1, 0.15) is 23.7 Å². The molecule has 6 heteroatoms. The molecule has 24 heavy (non-hydrogen) atoms. The zero-order valence-corrected chi connectivity index (χ0v) is 13.8. The van der Waals surface area contributed by atoms with E-state index in [4.69, 9.17) is 14.2 Å². The largest absolute Gasteiger partial charge is 0.497 e. The Labute approximate surface area is 140 Å². The molecule has 0 unspecified atom stereocenters. The SMILES string of the molecule is CCC(=O)Oc1cccc(C(=O)Nc2cc(OC)ccc2OC)c1. The molecular formula is C18H19NO5. The lowest BCUT2D eigenvalue weighted by molar-refractivity contribution is -0.134. The molecule has 0 bridgehead atoms. The van der Waals surface area contributed by atoms with Crippen LogP contribution >= 0.6 is 0 Å². The third kappa shape index (κ3) is 4.25. The monoisotopic (exact) mass is 329 g/mol. The Morgan fingerprint density at radius 1 is 1.00 bits per heavy atom. The van der Waals surface area contributed by atoms with Gasteiger partial charge in [-0.25, -0.2) is 0 Å². The van der Waals surface area contributed by atoms with Gasteiger partial charge in [-0.2, -0.15) is 0 Å². The van der Waals surface area contributed by atoms with E-state index in [0.717, 1.165) is 0 Å². The Hall–Kier alpha value is -3.02. The van der Waals surface area contributed by atoms with Crippen LogP contribution in [0.4, 0.5) is 5.69 Å². The Bertz CT molecular complexity index is 742. The molecule has 2 aromatic carbocycles. The molecule has 0 fully saturated rings. The molecule has 0 saturated heterocycles. The molecule has 0 heterocycles. The van der Waals surface area contributed by atoms with Crippen LogP contribution in [-0.2, 0) is 4.79 Å². The van der Waals surface area contributed by atoms with Crippen LogP contribution < -0.4 is 19.5 Å². The summed E-state index contributed by atoms with van der Waals surface area (Å²) < 4.78 is 15.5. The molecule has 6 nitrogen and oxygen atoms in total. The molecule has 2 aromatic rings. The van der Waals surface area contributed by atoms with Crippen LogP contribution in [0.2, 0.25) is 0 Å². The number of ether oxygens (including phenoxy) is 3. The van der Waals surface area contributed by atoms with Gasteiger partial charge in [-0.1, -0.05) is 13.0 Å². The van der Waals surface area contributed by atoms with Crippen molar-refractivity contribution in [2.45, 2.75) is 13.3 Å². The fraction of sp³-hybridized carbons (Fsp3) is 0.222. The molecule has 0 spiro atoms. The van der Waals surface area contributed by atoms with Crippen molar-refractivity contribution in [1.82, 2.24) is 0 Å². The van der Waals surface area contributed by atoms with Crippen molar-refractivity contribution < 1.29 is 23.8 Å². The van der Waals surface area contributed by atoms with Crippen LogP contribution in [-0.4, -0.2) is 26.1 Å². The predicted octanol–water partition coefficient (Wildman–Crippen LogP) is 3.27. The predicted molar refractivity (Wildman–Crippen MR) is 89.9 cm³/mol. The highest BCUT2D eigenvalue weighted by atomic mass is 16.5. The fourth-order valence-corrected chi connectivity index (χ4v) is 2.01. The minimum absolute atomic E-state index is 0.261. The number of amides is 1. The molecule has 0 aliphatic carbocycles. The zero-order valence-electron chi connectivity index (χ0n) is 13.8. The minimum atomic E-state index is -0.359. The van der Waals surface area contributed by atoms with E-state index in [9.17, 15) is 9.59 Å². The number of rotatable bonds is 6. The van der Waals surface area contributed by atoms with Crippen LogP contribution in [0.15, 0.2) is 42.5 Å². The summed E-state index contributed by atoms with van der Waals surface area (Å²) >= 11 is 0. The van der Waals surface area contributed by atoms with E-state index in [1.54, 1.807) is 50.4 Å². The van der Waals surface area contributed by atoms with Gasteiger partial charge in [-0.05, 0) is 30.3 Å². The maximum atomic E-state index is 12.4. The summed E-state index contributed by atoms with van der Waals surface area (Å²) in [4.78, 5) is 23.8. The maximum Gasteiger partial charge on any atom is 0.310 e. The lowest BCUT2D eigenvalue weighted by Crippen LogP contribution is -2.13. The van der Waals surface area contributed by atoms with Crippen molar-refractivity contribution in [3.8, 4) is 17.2 Å². The maximum absolute atomic E-state index is 12.4. The van der Waals surface area contributed by atoms with Gasteiger partial charge in [0, 0.05) is 18.1 Å². The molecule has 126 valence electrons. The second kappa shape index (κ2) is 8.01. The summed E-state index contributed by atoms with van der Waals surface area (Å²) in [5.74, 6) is 0.722. The first-order valence-electron chi connectivity index (χ1n) is 7.41. The van der Waals surface area contributed by atoms with Gasteiger partial charge in [-0.15, -0.1) is 0 Å². The highest BCUT2D eigenvalue weighted by molar-refractivity contribution is 6.05. The summed E-state index contributed by atoms with van der Waals surface area (Å²) in [7, 11) is 3.06. The molecular weight excluding hydrogens is 310 g/mol. The minimum Gasteiger partial charge on any atom is -0.497 e. The quantitative estimate of drug-likeness (QED) is 0.650. The topological polar surface area (TPSA) is 73.9 Å². The van der Waals surface area contributed by atoms with E-state index >= 15 is 0 Å². The molecule has 0 radical (unpaired) electrons. The molecule has 1 N–H and O–H groups in total. The molecule has 2 rings (SSSR count). The molecule has 0 atom stereocenters. The van der Waals surface area contributed by atoms with Crippen molar-refractivity contribution in [3.05, 3.63) is 48.0 Å². The Balaban J connectivity index is 2.21. The first-order valence-corrected chi connectivity index (χ1v) is 7.41. The van der Waals surface area contributed by atoms with Gasteiger partial charge >= 0.3 is 5.97 Å². The lowest BCUT2D eigenvalue weighted by Gasteiger charge is -2.12. The summed E-state index contributed by atoms with van der Waals surface area (Å²) in [6, 6.07) is 11.5. The lowest BCUT2D eigenvalue weighted by atomic mass is 10.2. The average molecular weight is 329 g/mol. The number of esters is 1.